The molecule has 1 aliphatic carbocycles. The minimum atomic E-state index is -0.287. The number of aryl methyl sites for hydroxylation is 1. The number of fused-ring (bicyclic) bond motifs is 1. The lowest BCUT2D eigenvalue weighted by molar-refractivity contribution is 0.0949. The fourth-order valence-electron chi connectivity index (χ4n) is 2.66. The zero-order valence-corrected chi connectivity index (χ0v) is 12.4. The number of ether oxygens (including phenoxy) is 1. The number of carbonyl (C=O) groups excluding carboxylic acids is 1. The van der Waals surface area contributed by atoms with Gasteiger partial charge >= 0.3 is 0 Å². The zero-order chi connectivity index (χ0) is 15.4. The van der Waals surface area contributed by atoms with E-state index in [0.29, 0.717) is 11.4 Å². The van der Waals surface area contributed by atoms with E-state index in [1.807, 2.05) is 24.3 Å². The molecule has 1 heterocycles. The van der Waals surface area contributed by atoms with Crippen molar-refractivity contribution in [1.29, 1.82) is 0 Å². The van der Waals surface area contributed by atoms with Crippen LogP contribution in [0.1, 0.15) is 40.2 Å². The first-order chi connectivity index (χ1) is 10.8. The highest BCUT2D eigenvalue weighted by Gasteiger charge is 2.21. The minimum Gasteiger partial charge on any atom is -0.496 e. The molecule has 0 atom stereocenters. The van der Waals surface area contributed by atoms with E-state index in [-0.39, 0.29) is 5.91 Å². The molecule has 1 amide bonds. The normalized spacial score (nSPS) is 13.9. The number of nitrogens with one attached hydrogen (secondary N) is 2. The summed E-state index contributed by atoms with van der Waals surface area (Å²) >= 11 is 0. The Kier molecular flexibility index (Phi) is 4.18. The van der Waals surface area contributed by atoms with E-state index in [1.54, 1.807) is 13.3 Å². The van der Waals surface area contributed by atoms with Gasteiger partial charge in [-0.25, -0.2) is 5.43 Å². The fourth-order valence-corrected chi connectivity index (χ4v) is 2.66. The SMILES string of the molecule is COc1ccccc1/C=N/NC(=O)c1n[nH]c2c1CCCC2. The number of aromatic amines is 1. The summed E-state index contributed by atoms with van der Waals surface area (Å²) in [6, 6.07) is 7.47. The average molecular weight is 298 g/mol. The Morgan fingerprint density at radius 1 is 1.36 bits per heavy atom. The van der Waals surface area contributed by atoms with Gasteiger partial charge < -0.3 is 4.74 Å². The zero-order valence-electron chi connectivity index (χ0n) is 12.4. The predicted molar refractivity (Wildman–Crippen MR) is 83.3 cm³/mol. The Balaban J connectivity index is 1.70. The molecule has 2 aromatic rings. The van der Waals surface area contributed by atoms with Crippen molar-refractivity contribution in [3.05, 3.63) is 46.8 Å². The molecule has 0 unspecified atom stereocenters. The summed E-state index contributed by atoms with van der Waals surface area (Å²) in [7, 11) is 1.60. The van der Waals surface area contributed by atoms with Crippen LogP contribution in [-0.4, -0.2) is 29.4 Å². The number of carbonyl (C=O) groups is 1. The second-order valence-electron chi connectivity index (χ2n) is 5.18. The van der Waals surface area contributed by atoms with Gasteiger partial charge in [-0.2, -0.15) is 10.2 Å². The van der Waals surface area contributed by atoms with Crippen LogP contribution in [0.2, 0.25) is 0 Å². The van der Waals surface area contributed by atoms with E-state index in [2.05, 4.69) is 20.7 Å². The van der Waals surface area contributed by atoms with Crippen LogP contribution in [0.5, 0.6) is 5.75 Å². The highest BCUT2D eigenvalue weighted by atomic mass is 16.5. The molecular formula is C16H18N4O2. The number of para-hydroxylation sites is 1. The quantitative estimate of drug-likeness (QED) is 0.670. The number of benzene rings is 1. The molecule has 0 radical (unpaired) electrons. The van der Waals surface area contributed by atoms with Crippen molar-refractivity contribution in [2.45, 2.75) is 25.7 Å². The van der Waals surface area contributed by atoms with E-state index < -0.39 is 0 Å². The van der Waals surface area contributed by atoms with Crippen LogP contribution in [0.3, 0.4) is 0 Å². The van der Waals surface area contributed by atoms with Crippen LogP contribution in [0.25, 0.3) is 0 Å². The van der Waals surface area contributed by atoms with E-state index in [4.69, 9.17) is 4.74 Å². The van der Waals surface area contributed by atoms with Crippen LogP contribution >= 0.6 is 0 Å². The van der Waals surface area contributed by atoms with E-state index >= 15 is 0 Å². The number of amides is 1. The molecule has 0 aliphatic heterocycles. The number of hydrogen-bond donors (Lipinski definition) is 2. The highest BCUT2D eigenvalue weighted by Crippen LogP contribution is 2.22. The van der Waals surface area contributed by atoms with Crippen molar-refractivity contribution < 1.29 is 9.53 Å². The summed E-state index contributed by atoms with van der Waals surface area (Å²) in [5, 5.41) is 11.1. The third-order valence-corrected chi connectivity index (χ3v) is 3.78. The Morgan fingerprint density at radius 2 is 2.18 bits per heavy atom. The molecule has 22 heavy (non-hydrogen) atoms. The van der Waals surface area contributed by atoms with Crippen molar-refractivity contribution in [1.82, 2.24) is 15.6 Å². The number of aromatic nitrogens is 2. The molecule has 1 aromatic carbocycles. The Labute approximate surface area is 128 Å². The molecular weight excluding hydrogens is 280 g/mol. The van der Waals surface area contributed by atoms with Gasteiger partial charge in [0, 0.05) is 16.8 Å². The lowest BCUT2D eigenvalue weighted by Gasteiger charge is -2.10. The largest absolute Gasteiger partial charge is 0.496 e. The molecule has 114 valence electrons. The monoisotopic (exact) mass is 298 g/mol. The van der Waals surface area contributed by atoms with Crippen LogP contribution in [-0.2, 0) is 12.8 Å². The Bertz CT molecular complexity index is 706. The third-order valence-electron chi connectivity index (χ3n) is 3.78. The first-order valence-electron chi connectivity index (χ1n) is 7.32. The van der Waals surface area contributed by atoms with Gasteiger partial charge in [0.2, 0.25) is 0 Å². The molecule has 0 bridgehead atoms. The third kappa shape index (κ3) is 2.86. The first-order valence-corrected chi connectivity index (χ1v) is 7.32. The lowest BCUT2D eigenvalue weighted by atomic mass is 9.96. The van der Waals surface area contributed by atoms with Crippen LogP contribution in [0.4, 0.5) is 0 Å². The summed E-state index contributed by atoms with van der Waals surface area (Å²) in [6.45, 7) is 0. The second-order valence-corrected chi connectivity index (χ2v) is 5.18. The molecule has 1 aliphatic rings. The van der Waals surface area contributed by atoms with Gasteiger partial charge in [-0.1, -0.05) is 12.1 Å². The van der Waals surface area contributed by atoms with Gasteiger partial charge in [0.05, 0.1) is 13.3 Å². The molecule has 2 N–H and O–H groups in total. The Hall–Kier alpha value is -2.63. The first kappa shape index (κ1) is 14.3. The summed E-state index contributed by atoms with van der Waals surface area (Å²) in [4.78, 5) is 12.2. The second kappa shape index (κ2) is 6.43. The standard InChI is InChI=1S/C16H18N4O2/c1-22-14-9-5-2-6-11(14)10-17-20-16(21)15-12-7-3-4-8-13(12)18-19-15/h2,5-6,9-10H,3-4,7-8H2,1H3,(H,18,19)(H,20,21)/b17-10+. The van der Waals surface area contributed by atoms with Crippen molar-refractivity contribution in [3.8, 4) is 5.75 Å². The Morgan fingerprint density at radius 3 is 3.05 bits per heavy atom. The van der Waals surface area contributed by atoms with Crippen molar-refractivity contribution in [3.63, 3.8) is 0 Å². The molecule has 1 aromatic heterocycles. The van der Waals surface area contributed by atoms with Crippen LogP contribution < -0.4 is 10.2 Å². The number of H-pyrrole nitrogens is 1. The van der Waals surface area contributed by atoms with Crippen molar-refractivity contribution >= 4 is 12.1 Å². The maximum absolute atomic E-state index is 12.2. The maximum Gasteiger partial charge on any atom is 0.292 e. The molecule has 3 rings (SSSR count). The molecule has 6 heteroatoms. The predicted octanol–water partition coefficient (Wildman–Crippen LogP) is 2.06. The molecule has 0 fully saturated rings. The van der Waals surface area contributed by atoms with Gasteiger partial charge in [-0.15, -0.1) is 0 Å². The van der Waals surface area contributed by atoms with Gasteiger partial charge in [0.15, 0.2) is 5.69 Å². The number of hydrogen-bond acceptors (Lipinski definition) is 4. The summed E-state index contributed by atoms with van der Waals surface area (Å²) in [5.74, 6) is 0.420. The van der Waals surface area contributed by atoms with E-state index in [0.717, 1.165) is 42.5 Å². The average Bonchev–Trinajstić information content (AvgIpc) is 2.99. The molecule has 6 nitrogen and oxygen atoms in total. The van der Waals surface area contributed by atoms with Gasteiger partial charge in [-0.3, -0.25) is 9.89 Å². The number of methoxy groups -OCH3 is 1. The topological polar surface area (TPSA) is 79.4 Å². The van der Waals surface area contributed by atoms with Gasteiger partial charge in [0.25, 0.3) is 5.91 Å². The number of nitrogens with zero attached hydrogens (tertiary/aromatic N) is 2. The van der Waals surface area contributed by atoms with Crippen molar-refractivity contribution in [2.75, 3.05) is 7.11 Å². The van der Waals surface area contributed by atoms with Gasteiger partial charge in [0.1, 0.15) is 5.75 Å². The summed E-state index contributed by atoms with van der Waals surface area (Å²) in [6.07, 6.45) is 5.65. The molecule has 0 saturated heterocycles. The van der Waals surface area contributed by atoms with Crippen molar-refractivity contribution in [2.24, 2.45) is 5.10 Å². The maximum atomic E-state index is 12.2. The van der Waals surface area contributed by atoms with Crippen LogP contribution in [0.15, 0.2) is 29.4 Å². The lowest BCUT2D eigenvalue weighted by Crippen LogP contribution is -2.20. The number of hydrazone groups is 1. The van der Waals surface area contributed by atoms with E-state index in [9.17, 15) is 4.79 Å². The number of rotatable bonds is 4. The highest BCUT2D eigenvalue weighted by molar-refractivity contribution is 5.95. The van der Waals surface area contributed by atoms with Gasteiger partial charge in [-0.05, 0) is 37.8 Å². The molecule has 0 saturated carbocycles. The summed E-state index contributed by atoms with van der Waals surface area (Å²) in [5.41, 5.74) is 5.88. The fraction of sp³-hybridized carbons (Fsp3) is 0.312. The molecule has 0 spiro atoms. The van der Waals surface area contributed by atoms with Crippen LogP contribution in [0, 0.1) is 0 Å². The summed E-state index contributed by atoms with van der Waals surface area (Å²) < 4.78 is 5.23. The minimum absolute atomic E-state index is 0.287. The van der Waals surface area contributed by atoms with E-state index in [1.165, 1.54) is 0 Å². The smallest absolute Gasteiger partial charge is 0.292 e.